The van der Waals surface area contributed by atoms with Crippen molar-refractivity contribution >= 4 is 11.8 Å². The van der Waals surface area contributed by atoms with Crippen LogP contribution >= 0.6 is 11.8 Å². The smallest absolute Gasteiger partial charge is 0.190 e. The largest absolute Gasteiger partial charge is 0.383 e. The molecule has 86 valence electrons. The van der Waals surface area contributed by atoms with E-state index in [0.717, 1.165) is 16.7 Å². The number of likely N-dealkylation sites (N-methyl/N-ethyl adjacent to an activating group) is 1. The van der Waals surface area contributed by atoms with Gasteiger partial charge in [-0.05, 0) is 14.0 Å². The predicted octanol–water partition coefficient (Wildman–Crippen LogP) is 0.450. The highest BCUT2D eigenvalue weighted by Crippen LogP contribution is 2.16. The SMILES string of the molecule is CNC(COC)CSc1nnc(C)n1C. The lowest BCUT2D eigenvalue weighted by molar-refractivity contribution is 0.177. The van der Waals surface area contributed by atoms with Gasteiger partial charge >= 0.3 is 0 Å². The maximum Gasteiger partial charge on any atom is 0.190 e. The molecule has 1 atom stereocenters. The zero-order valence-corrected chi connectivity index (χ0v) is 10.5. The summed E-state index contributed by atoms with van der Waals surface area (Å²) >= 11 is 1.69. The van der Waals surface area contributed by atoms with Crippen LogP contribution in [0.3, 0.4) is 0 Å². The van der Waals surface area contributed by atoms with Crippen LogP contribution in [0.4, 0.5) is 0 Å². The highest BCUT2D eigenvalue weighted by molar-refractivity contribution is 7.99. The molecule has 15 heavy (non-hydrogen) atoms. The van der Waals surface area contributed by atoms with Gasteiger partial charge in [0, 0.05) is 26.0 Å². The first-order chi connectivity index (χ1) is 7.19. The topological polar surface area (TPSA) is 52.0 Å². The molecular formula is C9H18N4OS. The molecule has 0 amide bonds. The van der Waals surface area contributed by atoms with Gasteiger partial charge in [0.25, 0.3) is 0 Å². The van der Waals surface area contributed by atoms with E-state index in [1.165, 1.54) is 0 Å². The summed E-state index contributed by atoms with van der Waals surface area (Å²) in [5.74, 6) is 1.86. The van der Waals surface area contributed by atoms with E-state index < -0.39 is 0 Å². The van der Waals surface area contributed by atoms with Gasteiger partial charge in [0.15, 0.2) is 5.16 Å². The molecule has 0 saturated carbocycles. The number of nitrogens with zero attached hydrogens (tertiary/aromatic N) is 3. The molecule has 6 heteroatoms. The van der Waals surface area contributed by atoms with Crippen molar-refractivity contribution in [3.63, 3.8) is 0 Å². The van der Waals surface area contributed by atoms with Crippen molar-refractivity contribution in [3.05, 3.63) is 5.82 Å². The molecule has 0 spiro atoms. The van der Waals surface area contributed by atoms with Gasteiger partial charge in [-0.1, -0.05) is 11.8 Å². The quantitative estimate of drug-likeness (QED) is 0.719. The molecular weight excluding hydrogens is 212 g/mol. The van der Waals surface area contributed by atoms with Crippen LogP contribution in [-0.2, 0) is 11.8 Å². The van der Waals surface area contributed by atoms with Crippen LogP contribution in [0.5, 0.6) is 0 Å². The lowest BCUT2D eigenvalue weighted by Crippen LogP contribution is -2.32. The van der Waals surface area contributed by atoms with Gasteiger partial charge in [-0.25, -0.2) is 0 Å². The second-order valence-corrected chi connectivity index (χ2v) is 4.33. The summed E-state index contributed by atoms with van der Waals surface area (Å²) in [6.45, 7) is 2.65. The molecule has 1 heterocycles. The van der Waals surface area contributed by atoms with Gasteiger partial charge in [0.1, 0.15) is 5.82 Å². The Morgan fingerprint density at radius 3 is 2.73 bits per heavy atom. The number of rotatable bonds is 6. The van der Waals surface area contributed by atoms with Gasteiger partial charge < -0.3 is 14.6 Å². The van der Waals surface area contributed by atoms with Crippen LogP contribution in [0.25, 0.3) is 0 Å². The number of aryl methyl sites for hydroxylation is 1. The molecule has 0 saturated heterocycles. The van der Waals surface area contributed by atoms with E-state index in [9.17, 15) is 0 Å². The lowest BCUT2D eigenvalue weighted by atomic mass is 10.4. The predicted molar refractivity (Wildman–Crippen MR) is 61.2 cm³/mol. The molecule has 0 aliphatic carbocycles. The van der Waals surface area contributed by atoms with Crippen LogP contribution in [-0.4, -0.2) is 47.3 Å². The number of hydrogen-bond donors (Lipinski definition) is 1. The summed E-state index contributed by atoms with van der Waals surface area (Å²) in [4.78, 5) is 0. The molecule has 0 aliphatic heterocycles. The first-order valence-corrected chi connectivity index (χ1v) is 5.82. The lowest BCUT2D eigenvalue weighted by Gasteiger charge is -2.13. The van der Waals surface area contributed by atoms with Gasteiger partial charge in [-0.15, -0.1) is 10.2 Å². The zero-order valence-electron chi connectivity index (χ0n) is 9.65. The maximum atomic E-state index is 5.10. The number of ether oxygens (including phenoxy) is 1. The Hall–Kier alpha value is -0.590. The minimum atomic E-state index is 0.344. The number of aromatic nitrogens is 3. The second-order valence-electron chi connectivity index (χ2n) is 3.34. The van der Waals surface area contributed by atoms with Crippen molar-refractivity contribution in [1.82, 2.24) is 20.1 Å². The third-order valence-corrected chi connectivity index (χ3v) is 3.43. The van der Waals surface area contributed by atoms with E-state index in [4.69, 9.17) is 4.74 Å². The van der Waals surface area contributed by atoms with Crippen LogP contribution < -0.4 is 5.32 Å². The monoisotopic (exact) mass is 230 g/mol. The average Bonchev–Trinajstić information content (AvgIpc) is 2.55. The summed E-state index contributed by atoms with van der Waals surface area (Å²) in [7, 11) is 5.62. The van der Waals surface area contributed by atoms with E-state index >= 15 is 0 Å². The van der Waals surface area contributed by atoms with Gasteiger partial charge in [0.2, 0.25) is 0 Å². The van der Waals surface area contributed by atoms with E-state index in [1.807, 2.05) is 25.6 Å². The van der Waals surface area contributed by atoms with Gasteiger partial charge in [0.05, 0.1) is 6.61 Å². The second kappa shape index (κ2) is 6.09. The molecule has 5 nitrogen and oxygen atoms in total. The number of thioether (sulfide) groups is 1. The Kier molecular flexibility index (Phi) is 5.07. The highest BCUT2D eigenvalue weighted by Gasteiger charge is 2.10. The fourth-order valence-corrected chi connectivity index (χ4v) is 2.14. The van der Waals surface area contributed by atoms with Crippen LogP contribution in [0.2, 0.25) is 0 Å². The normalized spacial score (nSPS) is 13.1. The van der Waals surface area contributed by atoms with E-state index in [-0.39, 0.29) is 0 Å². The molecule has 0 aromatic carbocycles. The summed E-state index contributed by atoms with van der Waals surface area (Å²) < 4.78 is 7.09. The molecule has 1 aromatic rings. The molecule has 0 radical (unpaired) electrons. The standard InChI is InChI=1S/C9H18N4OS/c1-7-11-12-9(13(7)3)15-6-8(10-2)5-14-4/h8,10H,5-6H2,1-4H3. The Bertz CT molecular complexity index is 302. The third-order valence-electron chi connectivity index (χ3n) is 2.24. The Labute approximate surface area is 94.6 Å². The van der Waals surface area contributed by atoms with Crippen molar-refractivity contribution < 1.29 is 4.74 Å². The van der Waals surface area contributed by atoms with Crippen LogP contribution in [0.15, 0.2) is 5.16 Å². The molecule has 0 aliphatic rings. The summed E-state index contributed by atoms with van der Waals surface area (Å²) in [5.41, 5.74) is 0. The summed E-state index contributed by atoms with van der Waals surface area (Å²) in [6.07, 6.45) is 0. The van der Waals surface area contributed by atoms with Crippen molar-refractivity contribution in [1.29, 1.82) is 0 Å². The minimum Gasteiger partial charge on any atom is -0.383 e. The number of nitrogens with one attached hydrogen (secondary N) is 1. The van der Waals surface area contributed by atoms with Gasteiger partial charge in [-0.3, -0.25) is 0 Å². The van der Waals surface area contributed by atoms with Crippen molar-refractivity contribution in [3.8, 4) is 0 Å². The first-order valence-electron chi connectivity index (χ1n) is 4.84. The fraction of sp³-hybridized carbons (Fsp3) is 0.778. The molecule has 1 rings (SSSR count). The van der Waals surface area contributed by atoms with Gasteiger partial charge in [-0.2, -0.15) is 0 Å². The van der Waals surface area contributed by atoms with Crippen molar-refractivity contribution in [2.75, 3.05) is 26.5 Å². The first kappa shape index (κ1) is 12.5. The number of hydrogen-bond acceptors (Lipinski definition) is 5. The Balaban J connectivity index is 2.45. The highest BCUT2D eigenvalue weighted by atomic mass is 32.2. The fourth-order valence-electron chi connectivity index (χ4n) is 1.10. The third kappa shape index (κ3) is 3.48. The molecule has 0 bridgehead atoms. The van der Waals surface area contributed by atoms with E-state index in [1.54, 1.807) is 18.9 Å². The Morgan fingerprint density at radius 1 is 1.53 bits per heavy atom. The molecule has 0 fully saturated rings. The van der Waals surface area contributed by atoms with Crippen molar-refractivity contribution in [2.45, 2.75) is 18.1 Å². The maximum absolute atomic E-state index is 5.10. The molecule has 1 N–H and O–H groups in total. The molecule has 1 unspecified atom stereocenters. The molecule has 1 aromatic heterocycles. The van der Waals surface area contributed by atoms with Crippen LogP contribution in [0.1, 0.15) is 5.82 Å². The van der Waals surface area contributed by atoms with E-state index in [0.29, 0.717) is 12.6 Å². The van der Waals surface area contributed by atoms with Crippen molar-refractivity contribution in [2.24, 2.45) is 7.05 Å². The zero-order chi connectivity index (χ0) is 11.3. The minimum absolute atomic E-state index is 0.344. The van der Waals surface area contributed by atoms with E-state index in [2.05, 4.69) is 15.5 Å². The Morgan fingerprint density at radius 2 is 2.27 bits per heavy atom. The number of methoxy groups -OCH3 is 1. The summed E-state index contributed by atoms with van der Waals surface area (Å²) in [5, 5.41) is 12.2. The van der Waals surface area contributed by atoms with Crippen LogP contribution in [0, 0.1) is 6.92 Å². The summed E-state index contributed by atoms with van der Waals surface area (Å²) in [6, 6.07) is 0.344. The average molecular weight is 230 g/mol.